The lowest BCUT2D eigenvalue weighted by atomic mass is 9.49. The fourth-order valence-electron chi connectivity index (χ4n) is 8.26. The summed E-state index contributed by atoms with van der Waals surface area (Å²) in [6.07, 6.45) is 10.4. The zero-order chi connectivity index (χ0) is 33.4. The first-order chi connectivity index (χ1) is 22.6. The molecule has 48 heavy (non-hydrogen) atoms. The third-order valence-electron chi connectivity index (χ3n) is 10.1. The van der Waals surface area contributed by atoms with Gasteiger partial charge in [0, 0.05) is 13.0 Å². The third-order valence-corrected chi connectivity index (χ3v) is 10.8. The minimum Gasteiger partial charge on any atom is -0.508 e. The topological polar surface area (TPSA) is 163 Å². The number of rotatable bonds is 16. The number of thioether (sulfide) groups is 1. The van der Waals surface area contributed by atoms with Crippen molar-refractivity contribution in [3.8, 4) is 5.75 Å². The molecule has 0 heterocycles. The van der Waals surface area contributed by atoms with E-state index in [1.807, 2.05) is 36.6 Å². The Balaban J connectivity index is 0.00000520. The fourth-order valence-corrected chi connectivity index (χ4v) is 8.73. The van der Waals surface area contributed by atoms with E-state index in [1.54, 1.807) is 12.1 Å². The number of hydrogen-bond donors (Lipinski definition) is 6. The van der Waals surface area contributed by atoms with Crippen LogP contribution in [0.2, 0.25) is 0 Å². The molecule has 12 heteroatoms. The summed E-state index contributed by atoms with van der Waals surface area (Å²) in [6.45, 7) is 0.302. The molecule has 2 aromatic carbocycles. The van der Waals surface area contributed by atoms with E-state index in [9.17, 15) is 24.3 Å². The molecule has 4 aliphatic carbocycles. The molecule has 7 N–H and O–H groups in total. The van der Waals surface area contributed by atoms with Gasteiger partial charge in [0.05, 0.1) is 12.6 Å². The van der Waals surface area contributed by atoms with Gasteiger partial charge < -0.3 is 32.1 Å². The molecular formula is C36H50ClN5O5S. The third kappa shape index (κ3) is 10.4. The van der Waals surface area contributed by atoms with Gasteiger partial charge in [0.2, 0.25) is 23.6 Å². The van der Waals surface area contributed by atoms with Gasteiger partial charge in [-0.2, -0.15) is 11.8 Å². The highest BCUT2D eigenvalue weighted by Crippen LogP contribution is 2.59. The van der Waals surface area contributed by atoms with Gasteiger partial charge in [-0.15, -0.1) is 12.4 Å². The molecule has 0 unspecified atom stereocenters. The van der Waals surface area contributed by atoms with Crippen molar-refractivity contribution in [2.75, 3.05) is 25.1 Å². The lowest BCUT2D eigenvalue weighted by Crippen LogP contribution is -2.56. The van der Waals surface area contributed by atoms with E-state index in [4.69, 9.17) is 5.73 Å². The van der Waals surface area contributed by atoms with Crippen LogP contribution in [0, 0.1) is 23.2 Å². The quantitative estimate of drug-likeness (QED) is 0.157. The van der Waals surface area contributed by atoms with E-state index in [-0.39, 0.29) is 42.4 Å². The molecular weight excluding hydrogens is 650 g/mol. The molecule has 0 spiro atoms. The standard InChI is InChI=1S/C36H49N5O5S.ClH/c1-47-12-11-30(41-33(44)29(37)16-24-7-9-28(42)10-8-24)34(45)38-21-32(43)40-31(17-23-5-3-2-4-6-23)35(46)39-22-36-18-25-13-26(19-36)15-27(14-25)20-36;/h2-10,25-27,29-31,42H,11-22,37H2,1H3,(H,38,45)(H,39,46)(H,40,43)(H,41,44);1H/t25?,26?,27?,29-,30+,31-,36?;/m0./s1. The molecule has 4 bridgehead atoms. The van der Waals surface area contributed by atoms with Crippen LogP contribution >= 0.6 is 24.2 Å². The minimum atomic E-state index is -0.900. The first kappa shape index (κ1) is 37.5. The molecule has 0 saturated heterocycles. The van der Waals surface area contributed by atoms with Crippen molar-refractivity contribution >= 4 is 47.8 Å². The van der Waals surface area contributed by atoms with E-state index in [0.717, 1.165) is 28.9 Å². The van der Waals surface area contributed by atoms with Crippen LogP contribution in [0.1, 0.15) is 56.1 Å². The van der Waals surface area contributed by atoms with Crippen molar-refractivity contribution in [3.63, 3.8) is 0 Å². The van der Waals surface area contributed by atoms with E-state index < -0.39 is 35.8 Å². The van der Waals surface area contributed by atoms with Crippen LogP contribution in [-0.2, 0) is 32.0 Å². The second-order valence-electron chi connectivity index (χ2n) is 14.0. The Bertz CT molecular complexity index is 1360. The Morgan fingerprint density at radius 3 is 2.00 bits per heavy atom. The zero-order valence-electron chi connectivity index (χ0n) is 27.6. The van der Waals surface area contributed by atoms with E-state index in [2.05, 4.69) is 21.3 Å². The Morgan fingerprint density at radius 1 is 0.812 bits per heavy atom. The highest BCUT2D eigenvalue weighted by atomic mass is 35.5. The zero-order valence-corrected chi connectivity index (χ0v) is 29.3. The monoisotopic (exact) mass is 699 g/mol. The van der Waals surface area contributed by atoms with Crippen molar-refractivity contribution in [1.29, 1.82) is 0 Å². The van der Waals surface area contributed by atoms with Crippen LogP contribution in [0.15, 0.2) is 54.6 Å². The van der Waals surface area contributed by atoms with Crippen LogP contribution in [0.3, 0.4) is 0 Å². The van der Waals surface area contributed by atoms with Crippen LogP contribution < -0.4 is 27.0 Å². The lowest BCUT2D eigenvalue weighted by molar-refractivity contribution is -0.132. The molecule has 0 aromatic heterocycles. The van der Waals surface area contributed by atoms with Crippen molar-refractivity contribution in [3.05, 3.63) is 65.7 Å². The highest BCUT2D eigenvalue weighted by molar-refractivity contribution is 7.98. The normalized spacial score (nSPS) is 24.0. The number of halogens is 1. The van der Waals surface area contributed by atoms with Crippen LogP contribution in [0.25, 0.3) is 0 Å². The average molecular weight is 700 g/mol. The first-order valence-electron chi connectivity index (χ1n) is 16.8. The van der Waals surface area contributed by atoms with Gasteiger partial charge in [-0.1, -0.05) is 42.5 Å². The molecule has 4 aliphatic rings. The van der Waals surface area contributed by atoms with Crippen LogP contribution in [0.5, 0.6) is 5.75 Å². The minimum absolute atomic E-state index is 0. The van der Waals surface area contributed by atoms with E-state index in [1.165, 1.54) is 62.4 Å². The number of nitrogens with two attached hydrogens (primary N) is 1. The molecule has 0 aliphatic heterocycles. The Morgan fingerprint density at radius 2 is 1.40 bits per heavy atom. The maximum Gasteiger partial charge on any atom is 0.243 e. The predicted octanol–water partition coefficient (Wildman–Crippen LogP) is 3.10. The Labute approximate surface area is 293 Å². The predicted molar refractivity (Wildman–Crippen MR) is 191 cm³/mol. The molecule has 3 atom stereocenters. The van der Waals surface area contributed by atoms with Gasteiger partial charge in [0.1, 0.15) is 17.8 Å². The summed E-state index contributed by atoms with van der Waals surface area (Å²) in [6, 6.07) is 13.4. The van der Waals surface area contributed by atoms with Gasteiger partial charge in [-0.3, -0.25) is 19.2 Å². The van der Waals surface area contributed by atoms with Gasteiger partial charge in [-0.25, -0.2) is 0 Å². The summed E-state index contributed by atoms with van der Waals surface area (Å²) in [4.78, 5) is 52.8. The van der Waals surface area contributed by atoms with Gasteiger partial charge in [0.25, 0.3) is 0 Å². The first-order valence-corrected chi connectivity index (χ1v) is 18.2. The Kier molecular flexibility index (Phi) is 13.6. The molecule has 6 rings (SSSR count). The van der Waals surface area contributed by atoms with Gasteiger partial charge in [-0.05, 0) is 110 Å². The summed E-state index contributed by atoms with van der Waals surface area (Å²) in [5.41, 5.74) is 8.00. The second kappa shape index (κ2) is 17.4. The summed E-state index contributed by atoms with van der Waals surface area (Å²) < 4.78 is 0. The van der Waals surface area contributed by atoms with Crippen LogP contribution in [0.4, 0.5) is 0 Å². The van der Waals surface area contributed by atoms with Crippen molar-refractivity contribution in [2.24, 2.45) is 28.9 Å². The van der Waals surface area contributed by atoms with Crippen molar-refractivity contribution in [1.82, 2.24) is 21.3 Å². The fraction of sp³-hybridized carbons (Fsp3) is 0.556. The summed E-state index contributed by atoms with van der Waals surface area (Å²) in [7, 11) is 0. The summed E-state index contributed by atoms with van der Waals surface area (Å²) in [5.74, 6) is 1.39. The molecule has 4 amide bonds. The second-order valence-corrected chi connectivity index (χ2v) is 15.0. The van der Waals surface area contributed by atoms with E-state index in [0.29, 0.717) is 25.1 Å². The molecule has 4 fully saturated rings. The number of hydrogen-bond acceptors (Lipinski definition) is 7. The average Bonchev–Trinajstić information content (AvgIpc) is 3.05. The smallest absolute Gasteiger partial charge is 0.243 e. The highest BCUT2D eigenvalue weighted by Gasteiger charge is 2.50. The lowest BCUT2D eigenvalue weighted by Gasteiger charge is -2.57. The molecule has 10 nitrogen and oxygen atoms in total. The molecule has 0 radical (unpaired) electrons. The van der Waals surface area contributed by atoms with Gasteiger partial charge in [0.15, 0.2) is 0 Å². The maximum absolute atomic E-state index is 13.6. The largest absolute Gasteiger partial charge is 0.508 e. The Hall–Kier alpha value is -3.28. The summed E-state index contributed by atoms with van der Waals surface area (Å²) in [5, 5.41) is 20.9. The number of aromatic hydroxyl groups is 1. The van der Waals surface area contributed by atoms with Crippen molar-refractivity contribution in [2.45, 2.75) is 75.9 Å². The maximum atomic E-state index is 13.6. The SMILES string of the molecule is CSCC[C@@H](NC(=O)[C@@H](N)Cc1ccc(O)cc1)C(=O)NCC(=O)N[C@@H](Cc1ccccc1)C(=O)NCC12CC3CC(CC(C3)C1)C2.Cl. The molecule has 262 valence electrons. The molecule has 2 aromatic rings. The number of carbonyl (C=O) groups is 4. The van der Waals surface area contributed by atoms with Gasteiger partial charge >= 0.3 is 0 Å². The number of benzene rings is 2. The number of carbonyl (C=O) groups excluding carboxylic acids is 4. The number of phenols is 1. The number of amides is 4. The van der Waals surface area contributed by atoms with E-state index >= 15 is 0 Å². The van der Waals surface area contributed by atoms with Crippen LogP contribution in [-0.4, -0.2) is 72.0 Å². The molecule has 4 saturated carbocycles. The van der Waals surface area contributed by atoms with Crippen molar-refractivity contribution < 1.29 is 24.3 Å². The number of phenolic OH excluding ortho intramolecular Hbond substituents is 1. The number of nitrogens with one attached hydrogen (secondary N) is 4. The summed E-state index contributed by atoms with van der Waals surface area (Å²) >= 11 is 1.54.